The fraction of sp³-hybridized carbons (Fsp3) is 0.462. The van der Waals surface area contributed by atoms with Crippen molar-refractivity contribution in [1.82, 2.24) is 0 Å². The number of carbonyl (C=O) groups is 1. The summed E-state index contributed by atoms with van der Waals surface area (Å²) in [6.07, 6.45) is 2.45. The van der Waals surface area contributed by atoms with Crippen molar-refractivity contribution in [3.63, 3.8) is 0 Å². The third-order valence-electron chi connectivity index (χ3n) is 2.83. The maximum Gasteiger partial charge on any atom is 0.303 e. The van der Waals surface area contributed by atoms with Gasteiger partial charge in [-0.25, -0.2) is 8.42 Å². The predicted molar refractivity (Wildman–Crippen MR) is 70.3 cm³/mol. The molecule has 0 spiro atoms. The summed E-state index contributed by atoms with van der Waals surface area (Å²) in [4.78, 5) is 10.4. The summed E-state index contributed by atoms with van der Waals surface area (Å²) >= 11 is 0. The SMILES string of the molecule is CS(=O)(=O)C(CCCC(=O)O)Cc1ccccc1. The maximum atomic E-state index is 11.7. The summed E-state index contributed by atoms with van der Waals surface area (Å²) in [6.45, 7) is 0. The highest BCUT2D eigenvalue weighted by molar-refractivity contribution is 7.91. The van der Waals surface area contributed by atoms with Crippen LogP contribution in [0.1, 0.15) is 24.8 Å². The Morgan fingerprint density at radius 3 is 2.39 bits per heavy atom. The number of hydrogen-bond acceptors (Lipinski definition) is 3. The van der Waals surface area contributed by atoms with Gasteiger partial charge in [-0.3, -0.25) is 4.79 Å². The van der Waals surface area contributed by atoms with Crippen molar-refractivity contribution in [3.8, 4) is 0 Å². The number of aliphatic carboxylic acids is 1. The van der Waals surface area contributed by atoms with Crippen molar-refractivity contribution in [1.29, 1.82) is 0 Å². The van der Waals surface area contributed by atoms with E-state index in [2.05, 4.69) is 0 Å². The summed E-state index contributed by atoms with van der Waals surface area (Å²) < 4.78 is 23.3. The van der Waals surface area contributed by atoms with Gasteiger partial charge in [0.2, 0.25) is 0 Å². The number of sulfone groups is 1. The summed E-state index contributed by atoms with van der Waals surface area (Å²) in [5, 5.41) is 8.07. The Labute approximate surface area is 108 Å². The number of carboxylic acids is 1. The molecule has 0 fully saturated rings. The van der Waals surface area contributed by atoms with E-state index >= 15 is 0 Å². The molecule has 0 aliphatic carbocycles. The molecule has 0 radical (unpaired) electrons. The first-order valence-electron chi connectivity index (χ1n) is 5.84. The second kappa shape index (κ2) is 6.54. The zero-order valence-corrected chi connectivity index (χ0v) is 11.2. The molecule has 0 saturated heterocycles. The third-order valence-corrected chi connectivity index (χ3v) is 4.44. The zero-order valence-electron chi connectivity index (χ0n) is 10.4. The predicted octanol–water partition coefficient (Wildman–Crippen LogP) is 1.90. The van der Waals surface area contributed by atoms with Gasteiger partial charge in [0.15, 0.2) is 9.84 Å². The number of hydrogen-bond donors (Lipinski definition) is 1. The van der Waals surface area contributed by atoms with Crippen LogP contribution < -0.4 is 0 Å². The quantitative estimate of drug-likeness (QED) is 0.821. The van der Waals surface area contributed by atoms with E-state index in [9.17, 15) is 13.2 Å². The van der Waals surface area contributed by atoms with Gasteiger partial charge in [-0.05, 0) is 24.8 Å². The molecular weight excluding hydrogens is 252 g/mol. The van der Waals surface area contributed by atoms with Crippen molar-refractivity contribution in [2.75, 3.05) is 6.26 Å². The second-order valence-electron chi connectivity index (χ2n) is 4.43. The summed E-state index contributed by atoms with van der Waals surface area (Å²) in [5.41, 5.74) is 0.961. The van der Waals surface area contributed by atoms with Gasteiger partial charge < -0.3 is 5.11 Å². The zero-order chi connectivity index (χ0) is 13.6. The lowest BCUT2D eigenvalue weighted by molar-refractivity contribution is -0.137. The largest absolute Gasteiger partial charge is 0.481 e. The van der Waals surface area contributed by atoms with E-state index in [1.807, 2.05) is 30.3 Å². The fourth-order valence-electron chi connectivity index (χ4n) is 1.83. The minimum absolute atomic E-state index is 0.0147. The fourth-order valence-corrected chi connectivity index (χ4v) is 2.92. The van der Waals surface area contributed by atoms with E-state index in [4.69, 9.17) is 5.11 Å². The average Bonchev–Trinajstić information content (AvgIpc) is 2.27. The van der Waals surface area contributed by atoms with Crippen LogP contribution in [0.4, 0.5) is 0 Å². The van der Waals surface area contributed by atoms with Crippen LogP contribution in [-0.4, -0.2) is 31.0 Å². The molecule has 1 atom stereocenters. The molecule has 0 aromatic heterocycles. The van der Waals surface area contributed by atoms with Gasteiger partial charge in [-0.1, -0.05) is 30.3 Å². The molecular formula is C13H18O4S. The van der Waals surface area contributed by atoms with E-state index in [0.29, 0.717) is 19.3 Å². The highest BCUT2D eigenvalue weighted by Gasteiger charge is 2.21. The van der Waals surface area contributed by atoms with Crippen molar-refractivity contribution >= 4 is 15.8 Å². The molecule has 1 rings (SSSR count). The highest BCUT2D eigenvalue weighted by atomic mass is 32.2. The lowest BCUT2D eigenvalue weighted by Crippen LogP contribution is -2.23. The molecule has 0 aliphatic rings. The van der Waals surface area contributed by atoms with Crippen molar-refractivity contribution in [2.24, 2.45) is 0 Å². The molecule has 1 unspecified atom stereocenters. The maximum absolute atomic E-state index is 11.7. The van der Waals surface area contributed by atoms with E-state index in [-0.39, 0.29) is 6.42 Å². The molecule has 0 saturated carbocycles. The molecule has 0 aliphatic heterocycles. The normalized spacial score (nSPS) is 13.2. The van der Waals surface area contributed by atoms with Crippen molar-refractivity contribution in [3.05, 3.63) is 35.9 Å². The van der Waals surface area contributed by atoms with Crippen LogP contribution >= 0.6 is 0 Å². The van der Waals surface area contributed by atoms with Gasteiger partial charge in [0.25, 0.3) is 0 Å². The van der Waals surface area contributed by atoms with E-state index in [1.165, 1.54) is 6.26 Å². The van der Waals surface area contributed by atoms with Gasteiger partial charge in [0.05, 0.1) is 5.25 Å². The van der Waals surface area contributed by atoms with Crippen LogP contribution in [0.2, 0.25) is 0 Å². The Hall–Kier alpha value is -1.36. The average molecular weight is 270 g/mol. The summed E-state index contributed by atoms with van der Waals surface area (Å²) in [5.74, 6) is -0.887. The minimum atomic E-state index is -3.15. The Morgan fingerprint density at radius 1 is 1.28 bits per heavy atom. The molecule has 1 N–H and O–H groups in total. The monoisotopic (exact) mass is 270 g/mol. The number of carboxylic acid groups (broad SMARTS) is 1. The molecule has 1 aromatic carbocycles. The van der Waals surface area contributed by atoms with Gasteiger partial charge >= 0.3 is 5.97 Å². The number of benzene rings is 1. The van der Waals surface area contributed by atoms with Crippen LogP contribution in [0.5, 0.6) is 0 Å². The molecule has 18 heavy (non-hydrogen) atoms. The smallest absolute Gasteiger partial charge is 0.303 e. The first-order chi connectivity index (χ1) is 8.39. The van der Waals surface area contributed by atoms with Crippen molar-refractivity contribution < 1.29 is 18.3 Å². The Balaban J connectivity index is 2.65. The van der Waals surface area contributed by atoms with Crippen LogP contribution in [0.15, 0.2) is 30.3 Å². The minimum Gasteiger partial charge on any atom is -0.481 e. The van der Waals surface area contributed by atoms with E-state index in [1.54, 1.807) is 0 Å². The molecule has 1 aromatic rings. The van der Waals surface area contributed by atoms with Crippen LogP contribution in [0.3, 0.4) is 0 Å². The Morgan fingerprint density at radius 2 is 1.89 bits per heavy atom. The van der Waals surface area contributed by atoms with Crippen LogP contribution in [-0.2, 0) is 21.1 Å². The first-order valence-corrected chi connectivity index (χ1v) is 7.79. The Bertz CT molecular complexity index is 479. The highest BCUT2D eigenvalue weighted by Crippen LogP contribution is 2.15. The topological polar surface area (TPSA) is 71.4 Å². The third kappa shape index (κ3) is 5.31. The van der Waals surface area contributed by atoms with Crippen molar-refractivity contribution in [2.45, 2.75) is 30.9 Å². The van der Waals surface area contributed by atoms with E-state index < -0.39 is 21.1 Å². The molecule has 0 bridgehead atoms. The molecule has 0 amide bonds. The van der Waals surface area contributed by atoms with Gasteiger partial charge in [-0.2, -0.15) is 0 Å². The summed E-state index contributed by atoms with van der Waals surface area (Å²) in [6, 6.07) is 9.38. The first kappa shape index (κ1) is 14.7. The molecule has 100 valence electrons. The van der Waals surface area contributed by atoms with Gasteiger partial charge in [0, 0.05) is 12.7 Å². The Kier molecular flexibility index (Phi) is 5.34. The standard InChI is InChI=1S/C13H18O4S/c1-18(16,17)12(8-5-9-13(14)15)10-11-6-3-2-4-7-11/h2-4,6-7,12H,5,8-10H2,1H3,(H,14,15). The second-order valence-corrected chi connectivity index (χ2v) is 6.75. The number of rotatable bonds is 7. The molecule has 0 heterocycles. The molecule has 5 heteroatoms. The molecule has 4 nitrogen and oxygen atoms in total. The van der Waals surface area contributed by atoms with E-state index in [0.717, 1.165) is 5.56 Å². The van der Waals surface area contributed by atoms with Gasteiger partial charge in [0.1, 0.15) is 0 Å². The summed E-state index contributed by atoms with van der Waals surface area (Å²) in [7, 11) is -3.15. The lowest BCUT2D eigenvalue weighted by Gasteiger charge is -2.14. The van der Waals surface area contributed by atoms with Gasteiger partial charge in [-0.15, -0.1) is 0 Å². The van der Waals surface area contributed by atoms with Crippen LogP contribution in [0, 0.1) is 0 Å². The van der Waals surface area contributed by atoms with Crippen LogP contribution in [0.25, 0.3) is 0 Å². The lowest BCUT2D eigenvalue weighted by atomic mass is 10.1.